The summed E-state index contributed by atoms with van der Waals surface area (Å²) in [6.45, 7) is 2.46. The van der Waals surface area contributed by atoms with Crippen LogP contribution in [0.3, 0.4) is 0 Å². The summed E-state index contributed by atoms with van der Waals surface area (Å²) in [6.07, 6.45) is 1.08. The number of carbonyl (C=O) groups is 2. The molecule has 1 heterocycles. The molecule has 0 unspecified atom stereocenters. The summed E-state index contributed by atoms with van der Waals surface area (Å²) in [4.78, 5) is 24.7. The molecule has 20 heavy (non-hydrogen) atoms. The summed E-state index contributed by atoms with van der Waals surface area (Å²) in [7, 11) is 0. The molecule has 2 atom stereocenters. The Morgan fingerprint density at radius 3 is 2.70 bits per heavy atom. The lowest BCUT2D eigenvalue weighted by Crippen LogP contribution is -2.52. The van der Waals surface area contributed by atoms with Crippen LogP contribution in [0.15, 0.2) is 30.3 Å². The summed E-state index contributed by atoms with van der Waals surface area (Å²) >= 11 is 0. The predicted molar refractivity (Wildman–Crippen MR) is 73.2 cm³/mol. The highest BCUT2D eigenvalue weighted by Crippen LogP contribution is 2.24. The third-order valence-electron chi connectivity index (χ3n) is 3.63. The Bertz CT molecular complexity index is 474. The zero-order chi connectivity index (χ0) is 14.5. The van der Waals surface area contributed by atoms with Crippen LogP contribution < -0.4 is 0 Å². The lowest BCUT2D eigenvalue weighted by molar-refractivity contribution is -0.146. The molecule has 2 rings (SSSR count). The van der Waals surface area contributed by atoms with Crippen LogP contribution in [0.1, 0.15) is 25.3 Å². The van der Waals surface area contributed by atoms with Gasteiger partial charge in [0, 0.05) is 6.54 Å². The van der Waals surface area contributed by atoms with Gasteiger partial charge in [0.2, 0.25) is 0 Å². The first-order chi connectivity index (χ1) is 9.59. The third kappa shape index (κ3) is 3.29. The molecule has 1 N–H and O–H groups in total. The van der Waals surface area contributed by atoms with Crippen LogP contribution in [-0.4, -0.2) is 34.7 Å². The zero-order valence-electron chi connectivity index (χ0n) is 11.5. The SMILES string of the molecule is C[C@@H]1CCCN(C(=O)OCc2ccccc2)[C@@H]1C(=O)O. The molecule has 1 amide bonds. The molecule has 0 aliphatic carbocycles. The van der Waals surface area contributed by atoms with E-state index in [1.807, 2.05) is 37.3 Å². The van der Waals surface area contributed by atoms with Gasteiger partial charge in [-0.05, 0) is 24.3 Å². The third-order valence-corrected chi connectivity index (χ3v) is 3.63. The van der Waals surface area contributed by atoms with E-state index in [1.165, 1.54) is 4.90 Å². The van der Waals surface area contributed by atoms with Crippen molar-refractivity contribution in [3.05, 3.63) is 35.9 Å². The lowest BCUT2D eigenvalue weighted by atomic mass is 9.91. The molecule has 0 radical (unpaired) electrons. The molecule has 1 aromatic carbocycles. The average Bonchev–Trinajstić information content (AvgIpc) is 2.45. The van der Waals surface area contributed by atoms with Gasteiger partial charge in [0.05, 0.1) is 0 Å². The Morgan fingerprint density at radius 1 is 1.35 bits per heavy atom. The van der Waals surface area contributed by atoms with E-state index in [-0.39, 0.29) is 12.5 Å². The number of hydrogen-bond donors (Lipinski definition) is 1. The van der Waals surface area contributed by atoms with Crippen molar-refractivity contribution in [2.24, 2.45) is 5.92 Å². The molecule has 1 aliphatic rings. The maximum atomic E-state index is 12.1. The standard InChI is InChI=1S/C15H19NO4/c1-11-6-5-9-16(13(11)14(17)18)15(19)20-10-12-7-3-2-4-8-12/h2-4,7-8,11,13H,5-6,9-10H2,1H3,(H,17,18)/t11-,13+/m1/s1. The highest BCUT2D eigenvalue weighted by molar-refractivity contribution is 5.80. The second-order valence-corrected chi connectivity index (χ2v) is 5.14. The molecule has 1 saturated heterocycles. The van der Waals surface area contributed by atoms with E-state index in [4.69, 9.17) is 4.74 Å². The molecule has 0 aromatic heterocycles. The first kappa shape index (κ1) is 14.4. The zero-order valence-corrected chi connectivity index (χ0v) is 11.5. The fourth-order valence-electron chi connectivity index (χ4n) is 2.57. The van der Waals surface area contributed by atoms with Gasteiger partial charge >= 0.3 is 12.1 Å². The van der Waals surface area contributed by atoms with Crippen molar-refractivity contribution in [2.45, 2.75) is 32.4 Å². The number of benzene rings is 1. The van der Waals surface area contributed by atoms with Crippen LogP contribution in [0.2, 0.25) is 0 Å². The van der Waals surface area contributed by atoms with Crippen LogP contribution in [0, 0.1) is 5.92 Å². The number of amides is 1. The second kappa shape index (κ2) is 6.41. The Labute approximate surface area is 118 Å². The lowest BCUT2D eigenvalue weighted by Gasteiger charge is -2.36. The Kier molecular flexibility index (Phi) is 4.61. The minimum atomic E-state index is -0.964. The number of carboxylic acid groups (broad SMARTS) is 1. The number of rotatable bonds is 3. The number of ether oxygens (including phenoxy) is 1. The molecule has 108 valence electrons. The van der Waals surface area contributed by atoms with Gasteiger partial charge in [-0.15, -0.1) is 0 Å². The Morgan fingerprint density at radius 2 is 2.05 bits per heavy atom. The molecule has 1 fully saturated rings. The molecule has 5 nitrogen and oxygen atoms in total. The number of likely N-dealkylation sites (tertiary alicyclic amines) is 1. The van der Waals surface area contributed by atoms with Crippen molar-refractivity contribution < 1.29 is 19.4 Å². The van der Waals surface area contributed by atoms with Crippen LogP contribution in [0.25, 0.3) is 0 Å². The number of nitrogens with zero attached hydrogens (tertiary/aromatic N) is 1. The largest absolute Gasteiger partial charge is 0.480 e. The van der Waals surface area contributed by atoms with E-state index in [0.717, 1.165) is 18.4 Å². The fourth-order valence-corrected chi connectivity index (χ4v) is 2.57. The quantitative estimate of drug-likeness (QED) is 0.921. The minimum Gasteiger partial charge on any atom is -0.480 e. The number of hydrogen-bond acceptors (Lipinski definition) is 3. The smallest absolute Gasteiger partial charge is 0.410 e. The number of carboxylic acids is 1. The van der Waals surface area contributed by atoms with Crippen LogP contribution in [0.4, 0.5) is 4.79 Å². The van der Waals surface area contributed by atoms with Crippen LogP contribution in [-0.2, 0) is 16.1 Å². The molecule has 1 aliphatic heterocycles. The molecule has 0 spiro atoms. The molecule has 0 bridgehead atoms. The molecule has 0 saturated carbocycles. The summed E-state index contributed by atoms with van der Waals surface area (Å²) in [6, 6.07) is 8.56. The molecule has 5 heteroatoms. The first-order valence-electron chi connectivity index (χ1n) is 6.79. The highest BCUT2D eigenvalue weighted by atomic mass is 16.6. The number of carbonyl (C=O) groups excluding carboxylic acids is 1. The van der Waals surface area contributed by atoms with Crippen molar-refractivity contribution in [1.82, 2.24) is 4.90 Å². The number of aliphatic carboxylic acids is 1. The van der Waals surface area contributed by atoms with Gasteiger partial charge in [-0.3, -0.25) is 4.90 Å². The molecular formula is C15H19NO4. The summed E-state index contributed by atoms with van der Waals surface area (Å²) < 4.78 is 5.22. The second-order valence-electron chi connectivity index (χ2n) is 5.14. The van der Waals surface area contributed by atoms with Crippen molar-refractivity contribution >= 4 is 12.1 Å². The van der Waals surface area contributed by atoms with Crippen molar-refractivity contribution in [2.75, 3.05) is 6.54 Å². The summed E-state index contributed by atoms with van der Waals surface area (Å²) in [5.74, 6) is -1.01. The van der Waals surface area contributed by atoms with Crippen molar-refractivity contribution in [3.8, 4) is 0 Å². The van der Waals surface area contributed by atoms with Crippen LogP contribution >= 0.6 is 0 Å². The van der Waals surface area contributed by atoms with E-state index < -0.39 is 18.1 Å². The average molecular weight is 277 g/mol. The van der Waals surface area contributed by atoms with Gasteiger partial charge in [0.1, 0.15) is 12.6 Å². The monoisotopic (exact) mass is 277 g/mol. The normalized spacial score (nSPS) is 22.4. The van der Waals surface area contributed by atoms with E-state index in [2.05, 4.69) is 0 Å². The summed E-state index contributed by atoms with van der Waals surface area (Å²) in [5.41, 5.74) is 0.887. The topological polar surface area (TPSA) is 66.8 Å². The Hall–Kier alpha value is -2.04. The van der Waals surface area contributed by atoms with E-state index in [1.54, 1.807) is 0 Å². The van der Waals surface area contributed by atoms with Crippen LogP contribution in [0.5, 0.6) is 0 Å². The molecular weight excluding hydrogens is 258 g/mol. The van der Waals surface area contributed by atoms with Crippen molar-refractivity contribution in [3.63, 3.8) is 0 Å². The highest BCUT2D eigenvalue weighted by Gasteiger charge is 2.37. The molecule has 1 aromatic rings. The van der Waals surface area contributed by atoms with E-state index in [9.17, 15) is 14.7 Å². The maximum Gasteiger partial charge on any atom is 0.410 e. The van der Waals surface area contributed by atoms with Gasteiger partial charge in [-0.1, -0.05) is 37.3 Å². The van der Waals surface area contributed by atoms with Gasteiger partial charge in [-0.2, -0.15) is 0 Å². The van der Waals surface area contributed by atoms with Gasteiger partial charge in [-0.25, -0.2) is 9.59 Å². The number of piperidine rings is 1. The van der Waals surface area contributed by atoms with Gasteiger partial charge in [0.15, 0.2) is 0 Å². The van der Waals surface area contributed by atoms with Gasteiger partial charge < -0.3 is 9.84 Å². The minimum absolute atomic E-state index is 0.0504. The maximum absolute atomic E-state index is 12.1. The van der Waals surface area contributed by atoms with E-state index in [0.29, 0.717) is 6.54 Å². The van der Waals surface area contributed by atoms with Gasteiger partial charge in [0.25, 0.3) is 0 Å². The first-order valence-corrected chi connectivity index (χ1v) is 6.79. The van der Waals surface area contributed by atoms with E-state index >= 15 is 0 Å². The predicted octanol–water partition coefficient (Wildman–Crippen LogP) is 2.51. The van der Waals surface area contributed by atoms with Crippen molar-refractivity contribution in [1.29, 1.82) is 0 Å². The Balaban J connectivity index is 1.98. The summed E-state index contributed by atoms with van der Waals surface area (Å²) in [5, 5.41) is 9.26. The fraction of sp³-hybridized carbons (Fsp3) is 0.467.